The van der Waals surface area contributed by atoms with Crippen molar-refractivity contribution in [1.29, 1.82) is 0 Å². The molecule has 0 aliphatic carbocycles. The van der Waals surface area contributed by atoms with Gasteiger partial charge in [0.15, 0.2) is 0 Å². The van der Waals surface area contributed by atoms with Gasteiger partial charge in [0.05, 0.1) is 7.11 Å². The van der Waals surface area contributed by atoms with Crippen molar-refractivity contribution in [2.24, 2.45) is 0 Å². The van der Waals surface area contributed by atoms with Crippen molar-refractivity contribution >= 4 is 0 Å². The Bertz CT molecular complexity index is 346. The van der Waals surface area contributed by atoms with Crippen LogP contribution in [0.4, 0.5) is 0 Å². The normalized spacial score (nSPS) is 20.4. The Morgan fingerprint density at radius 1 is 1.43 bits per heavy atom. The molecule has 1 N–H and O–H groups in total. The number of methoxy groups -OCH3 is 1. The zero-order valence-corrected chi connectivity index (χ0v) is 9.05. The zero-order chi connectivity index (χ0) is 10.1. The molecule has 0 amide bonds. The molecule has 0 aromatic heterocycles. The molecule has 0 radical (unpaired) electrons. The van der Waals surface area contributed by atoms with E-state index in [0.717, 1.165) is 18.7 Å². The minimum Gasteiger partial charge on any atom is -0.496 e. The summed E-state index contributed by atoms with van der Waals surface area (Å²) in [5, 5.41) is 3.46. The van der Waals surface area contributed by atoms with Gasteiger partial charge in [-0.3, -0.25) is 0 Å². The van der Waals surface area contributed by atoms with E-state index in [4.69, 9.17) is 4.74 Å². The Labute approximate surface area is 85.3 Å². The average molecular weight is 191 g/mol. The van der Waals surface area contributed by atoms with E-state index in [2.05, 4.69) is 31.3 Å². The Kier molecular flexibility index (Phi) is 2.46. The fraction of sp³-hybridized carbons (Fsp3) is 0.500. The quantitative estimate of drug-likeness (QED) is 0.735. The number of hydrogen-bond donors (Lipinski definition) is 1. The molecule has 1 unspecified atom stereocenters. The van der Waals surface area contributed by atoms with Crippen LogP contribution in [0.5, 0.6) is 5.75 Å². The van der Waals surface area contributed by atoms with Crippen molar-refractivity contribution in [1.82, 2.24) is 5.32 Å². The summed E-state index contributed by atoms with van der Waals surface area (Å²) >= 11 is 0. The van der Waals surface area contributed by atoms with E-state index < -0.39 is 0 Å². The predicted octanol–water partition coefficient (Wildman–Crippen LogP) is 2.21. The molecule has 76 valence electrons. The average Bonchev–Trinajstić information content (AvgIpc) is 2.19. The molecule has 1 heterocycles. The van der Waals surface area contributed by atoms with Gasteiger partial charge >= 0.3 is 0 Å². The van der Waals surface area contributed by atoms with Gasteiger partial charge in [0, 0.05) is 6.04 Å². The zero-order valence-electron chi connectivity index (χ0n) is 9.05. The minimum absolute atomic E-state index is 0.475. The van der Waals surface area contributed by atoms with Crippen molar-refractivity contribution in [2.45, 2.75) is 26.3 Å². The van der Waals surface area contributed by atoms with Crippen molar-refractivity contribution < 1.29 is 4.74 Å². The number of hydrogen-bond acceptors (Lipinski definition) is 2. The van der Waals surface area contributed by atoms with Crippen molar-refractivity contribution in [3.05, 3.63) is 28.8 Å². The number of nitrogens with one attached hydrogen (secondary N) is 1. The number of aryl methyl sites for hydroxylation is 1. The molecular formula is C12H17NO. The Morgan fingerprint density at radius 3 is 2.93 bits per heavy atom. The monoisotopic (exact) mass is 191 g/mol. The van der Waals surface area contributed by atoms with E-state index in [1.165, 1.54) is 16.7 Å². The minimum atomic E-state index is 0.475. The van der Waals surface area contributed by atoms with Gasteiger partial charge in [0.25, 0.3) is 0 Å². The molecular weight excluding hydrogens is 174 g/mol. The lowest BCUT2D eigenvalue weighted by Gasteiger charge is -2.25. The first kappa shape index (κ1) is 9.53. The molecule has 0 bridgehead atoms. The third-order valence-corrected chi connectivity index (χ3v) is 2.97. The largest absolute Gasteiger partial charge is 0.496 e. The maximum atomic E-state index is 5.33. The van der Waals surface area contributed by atoms with Crippen LogP contribution in [-0.2, 0) is 6.42 Å². The van der Waals surface area contributed by atoms with Gasteiger partial charge in [-0.15, -0.1) is 0 Å². The van der Waals surface area contributed by atoms with Crippen LogP contribution in [0.2, 0.25) is 0 Å². The van der Waals surface area contributed by atoms with Gasteiger partial charge in [-0.1, -0.05) is 6.07 Å². The van der Waals surface area contributed by atoms with Gasteiger partial charge in [-0.25, -0.2) is 0 Å². The summed E-state index contributed by atoms with van der Waals surface area (Å²) in [6, 6.07) is 4.90. The van der Waals surface area contributed by atoms with Gasteiger partial charge in [0.1, 0.15) is 5.75 Å². The molecule has 0 saturated carbocycles. The van der Waals surface area contributed by atoms with Gasteiger partial charge in [0.2, 0.25) is 0 Å². The summed E-state index contributed by atoms with van der Waals surface area (Å²) in [6.07, 6.45) is 1.11. The fourth-order valence-electron chi connectivity index (χ4n) is 2.13. The molecule has 14 heavy (non-hydrogen) atoms. The molecule has 0 saturated heterocycles. The van der Waals surface area contributed by atoms with E-state index in [0.29, 0.717) is 6.04 Å². The van der Waals surface area contributed by atoms with E-state index >= 15 is 0 Å². The third-order valence-electron chi connectivity index (χ3n) is 2.97. The molecule has 1 aromatic rings. The molecule has 1 aliphatic heterocycles. The Balaban J connectivity index is 2.48. The smallest absolute Gasteiger partial charge is 0.122 e. The van der Waals surface area contributed by atoms with Crippen LogP contribution >= 0.6 is 0 Å². The van der Waals surface area contributed by atoms with Crippen LogP contribution in [0.1, 0.15) is 29.7 Å². The molecule has 2 heteroatoms. The third kappa shape index (κ3) is 1.50. The number of ether oxygens (including phenoxy) is 1. The summed E-state index contributed by atoms with van der Waals surface area (Å²) in [7, 11) is 1.74. The van der Waals surface area contributed by atoms with Crippen molar-refractivity contribution in [2.75, 3.05) is 13.7 Å². The lowest BCUT2D eigenvalue weighted by molar-refractivity contribution is 0.409. The summed E-state index contributed by atoms with van der Waals surface area (Å²) in [5.74, 6) is 1.01. The SMILES string of the molecule is COc1cc2c(cc1C)C(C)NCC2. The Hall–Kier alpha value is -1.02. The van der Waals surface area contributed by atoms with E-state index in [9.17, 15) is 0 Å². The molecule has 0 spiro atoms. The van der Waals surface area contributed by atoms with Crippen molar-refractivity contribution in [3.63, 3.8) is 0 Å². The van der Waals surface area contributed by atoms with E-state index in [-0.39, 0.29) is 0 Å². The maximum absolute atomic E-state index is 5.33. The van der Waals surface area contributed by atoms with Crippen LogP contribution in [0.3, 0.4) is 0 Å². The second kappa shape index (κ2) is 3.62. The standard InChI is InChI=1S/C12H17NO/c1-8-6-11-9(2)13-5-4-10(11)7-12(8)14-3/h6-7,9,13H,4-5H2,1-3H3. The van der Waals surface area contributed by atoms with Crippen LogP contribution in [0, 0.1) is 6.92 Å². The summed E-state index contributed by atoms with van der Waals surface area (Å²) < 4.78 is 5.33. The first-order valence-corrected chi connectivity index (χ1v) is 5.13. The highest BCUT2D eigenvalue weighted by molar-refractivity contribution is 5.44. The summed E-state index contributed by atoms with van der Waals surface area (Å²) in [6.45, 7) is 5.38. The first-order chi connectivity index (χ1) is 6.72. The first-order valence-electron chi connectivity index (χ1n) is 5.13. The summed E-state index contributed by atoms with van der Waals surface area (Å²) in [4.78, 5) is 0. The number of rotatable bonds is 1. The van der Waals surface area contributed by atoms with E-state index in [1.807, 2.05) is 0 Å². The molecule has 0 fully saturated rings. The van der Waals surface area contributed by atoms with Gasteiger partial charge in [-0.2, -0.15) is 0 Å². The Morgan fingerprint density at radius 2 is 2.21 bits per heavy atom. The second-order valence-electron chi connectivity index (χ2n) is 3.95. The lowest BCUT2D eigenvalue weighted by Crippen LogP contribution is -2.27. The lowest BCUT2D eigenvalue weighted by atomic mass is 9.93. The topological polar surface area (TPSA) is 21.3 Å². The van der Waals surface area contributed by atoms with Gasteiger partial charge in [-0.05, 0) is 49.6 Å². The molecule has 1 aromatic carbocycles. The van der Waals surface area contributed by atoms with Crippen LogP contribution in [0.15, 0.2) is 12.1 Å². The number of fused-ring (bicyclic) bond motifs is 1. The van der Waals surface area contributed by atoms with Crippen LogP contribution in [-0.4, -0.2) is 13.7 Å². The maximum Gasteiger partial charge on any atom is 0.122 e. The number of benzene rings is 1. The van der Waals surface area contributed by atoms with Crippen LogP contribution < -0.4 is 10.1 Å². The van der Waals surface area contributed by atoms with Gasteiger partial charge < -0.3 is 10.1 Å². The molecule has 1 atom stereocenters. The van der Waals surface area contributed by atoms with Crippen molar-refractivity contribution in [3.8, 4) is 5.75 Å². The predicted molar refractivity (Wildman–Crippen MR) is 57.9 cm³/mol. The highest BCUT2D eigenvalue weighted by Crippen LogP contribution is 2.29. The molecule has 1 aliphatic rings. The fourth-order valence-corrected chi connectivity index (χ4v) is 2.13. The molecule has 2 nitrogen and oxygen atoms in total. The highest BCUT2D eigenvalue weighted by atomic mass is 16.5. The van der Waals surface area contributed by atoms with E-state index in [1.54, 1.807) is 7.11 Å². The molecule has 2 rings (SSSR count). The second-order valence-corrected chi connectivity index (χ2v) is 3.95. The van der Waals surface area contributed by atoms with Crippen LogP contribution in [0.25, 0.3) is 0 Å². The summed E-state index contributed by atoms with van der Waals surface area (Å²) in [5.41, 5.74) is 4.08. The highest BCUT2D eigenvalue weighted by Gasteiger charge is 2.17.